The third-order valence-electron chi connectivity index (χ3n) is 7.52. The number of carbonyl (C=O) groups excluding carboxylic acids is 1. The summed E-state index contributed by atoms with van der Waals surface area (Å²) >= 11 is 0. The van der Waals surface area contributed by atoms with Crippen LogP contribution in [0.3, 0.4) is 0 Å². The minimum atomic E-state index is -0.450. The highest BCUT2D eigenvalue weighted by Crippen LogP contribution is 2.38. The van der Waals surface area contributed by atoms with E-state index in [-0.39, 0.29) is 17.6 Å². The summed E-state index contributed by atoms with van der Waals surface area (Å²) in [5.74, 6) is -0.450. The molecule has 7 nitrogen and oxygen atoms in total. The number of anilines is 1. The molecule has 3 aromatic rings. The highest BCUT2D eigenvalue weighted by atomic mass is 16.3. The fourth-order valence-electron chi connectivity index (χ4n) is 5.48. The van der Waals surface area contributed by atoms with E-state index in [0.29, 0.717) is 12.0 Å². The number of nitrogens with zero attached hydrogens (tertiary/aromatic N) is 3. The number of fused-ring (bicyclic) bond motifs is 1. The van der Waals surface area contributed by atoms with Crippen molar-refractivity contribution in [2.24, 2.45) is 11.1 Å². The molecule has 1 saturated carbocycles. The Bertz CT molecular complexity index is 1210. The lowest BCUT2D eigenvalue weighted by Gasteiger charge is -2.30. The van der Waals surface area contributed by atoms with E-state index in [9.17, 15) is 9.90 Å². The van der Waals surface area contributed by atoms with Crippen LogP contribution >= 0.6 is 0 Å². The van der Waals surface area contributed by atoms with Crippen LogP contribution in [0.1, 0.15) is 79.0 Å². The largest absolute Gasteiger partial charge is 0.393 e. The van der Waals surface area contributed by atoms with Crippen molar-refractivity contribution >= 4 is 11.6 Å². The van der Waals surface area contributed by atoms with E-state index in [4.69, 9.17) is 10.8 Å². The van der Waals surface area contributed by atoms with Crippen molar-refractivity contribution in [2.45, 2.75) is 77.4 Å². The Balaban J connectivity index is 1.53. The smallest absolute Gasteiger partial charge is 0.250 e. The van der Waals surface area contributed by atoms with Crippen LogP contribution in [0.25, 0.3) is 5.69 Å². The summed E-state index contributed by atoms with van der Waals surface area (Å²) in [5.41, 5.74) is 12.7. The van der Waals surface area contributed by atoms with Crippen LogP contribution in [0.4, 0.5) is 5.69 Å². The first-order valence-corrected chi connectivity index (χ1v) is 12.7. The molecular formula is C28H35N5O2. The fourth-order valence-corrected chi connectivity index (χ4v) is 5.48. The minimum Gasteiger partial charge on any atom is -0.393 e. The number of rotatable bonds is 6. The van der Waals surface area contributed by atoms with Gasteiger partial charge in [-0.15, -0.1) is 0 Å². The number of aliphatic hydroxyl groups is 1. The number of amides is 1. The monoisotopic (exact) mass is 473 g/mol. The van der Waals surface area contributed by atoms with Gasteiger partial charge in [0.05, 0.1) is 23.0 Å². The number of pyridine rings is 1. The number of nitrogens with two attached hydrogens (primary N) is 1. The third-order valence-corrected chi connectivity index (χ3v) is 7.52. The number of aromatic nitrogens is 3. The van der Waals surface area contributed by atoms with E-state index in [0.717, 1.165) is 67.7 Å². The molecule has 2 aliphatic carbocycles. The Kier molecular flexibility index (Phi) is 6.36. The summed E-state index contributed by atoms with van der Waals surface area (Å²) in [4.78, 5) is 16.7. The van der Waals surface area contributed by atoms with E-state index in [1.807, 2.05) is 36.5 Å². The fraction of sp³-hybridized carbons (Fsp3) is 0.464. The Morgan fingerprint density at radius 2 is 2.00 bits per heavy atom. The van der Waals surface area contributed by atoms with Gasteiger partial charge in [-0.1, -0.05) is 19.9 Å². The van der Waals surface area contributed by atoms with Gasteiger partial charge in [-0.2, -0.15) is 5.10 Å². The van der Waals surface area contributed by atoms with Crippen LogP contribution in [-0.4, -0.2) is 37.9 Å². The van der Waals surface area contributed by atoms with Gasteiger partial charge in [-0.25, -0.2) is 4.68 Å². The lowest BCUT2D eigenvalue weighted by atomic mass is 9.76. The standard InChI is InChI=1S/C28H35N5O2/c1-28(2)13-12-22-25(15-19-5-3-4-14-30-19)32-33(26(22)17-28)20-8-11-23(27(29)35)24(16-20)31-18-6-9-21(34)10-7-18/h3-5,8,11,14,16,18,21,31,34H,6-7,9-10,12-13,15,17H2,1-2H3,(H2,29,35). The number of nitrogens with one attached hydrogen (secondary N) is 1. The topological polar surface area (TPSA) is 106 Å². The number of hydrogen-bond acceptors (Lipinski definition) is 5. The Morgan fingerprint density at radius 1 is 1.20 bits per heavy atom. The van der Waals surface area contributed by atoms with Crippen molar-refractivity contribution < 1.29 is 9.90 Å². The SMILES string of the molecule is CC1(C)CCc2c(Cc3ccccn3)nn(-c3ccc(C(N)=O)c(NC4CCC(O)CC4)c3)c2C1. The number of primary amides is 1. The maximum atomic E-state index is 12.2. The van der Waals surface area contributed by atoms with Crippen LogP contribution in [-0.2, 0) is 19.3 Å². The first-order chi connectivity index (χ1) is 16.8. The molecular weight excluding hydrogens is 438 g/mol. The normalized spacial score (nSPS) is 21.3. The summed E-state index contributed by atoms with van der Waals surface area (Å²) in [6, 6.07) is 11.9. The first-order valence-electron chi connectivity index (χ1n) is 12.7. The predicted octanol–water partition coefficient (Wildman–Crippen LogP) is 4.19. The molecule has 1 aromatic carbocycles. The van der Waals surface area contributed by atoms with Crippen molar-refractivity contribution in [1.82, 2.24) is 14.8 Å². The zero-order valence-corrected chi connectivity index (χ0v) is 20.6. The van der Waals surface area contributed by atoms with Crippen LogP contribution in [0.15, 0.2) is 42.6 Å². The average Bonchev–Trinajstić information content (AvgIpc) is 3.17. The zero-order chi connectivity index (χ0) is 24.6. The maximum absolute atomic E-state index is 12.2. The minimum absolute atomic E-state index is 0.199. The molecule has 0 spiro atoms. The van der Waals surface area contributed by atoms with Gasteiger partial charge in [-0.3, -0.25) is 9.78 Å². The highest BCUT2D eigenvalue weighted by molar-refractivity contribution is 5.99. The van der Waals surface area contributed by atoms with Crippen LogP contribution < -0.4 is 11.1 Å². The quantitative estimate of drug-likeness (QED) is 0.498. The third kappa shape index (κ3) is 5.10. The Morgan fingerprint density at radius 3 is 2.71 bits per heavy atom. The van der Waals surface area contributed by atoms with Gasteiger partial charge >= 0.3 is 0 Å². The van der Waals surface area contributed by atoms with Gasteiger partial charge in [0.2, 0.25) is 0 Å². The molecule has 184 valence electrons. The van der Waals surface area contributed by atoms with Gasteiger partial charge in [0, 0.05) is 35.7 Å². The molecule has 0 radical (unpaired) electrons. The lowest BCUT2D eigenvalue weighted by Crippen LogP contribution is -2.29. The van der Waals surface area contributed by atoms with E-state index in [1.54, 1.807) is 6.07 Å². The van der Waals surface area contributed by atoms with Gasteiger partial charge < -0.3 is 16.2 Å². The molecule has 2 aliphatic rings. The van der Waals surface area contributed by atoms with Crippen LogP contribution in [0, 0.1) is 5.41 Å². The van der Waals surface area contributed by atoms with Crippen LogP contribution in [0.5, 0.6) is 0 Å². The second-order valence-corrected chi connectivity index (χ2v) is 10.9. The van der Waals surface area contributed by atoms with E-state index in [2.05, 4.69) is 28.8 Å². The summed E-state index contributed by atoms with van der Waals surface area (Å²) in [7, 11) is 0. The van der Waals surface area contributed by atoms with Crippen molar-refractivity contribution in [2.75, 3.05) is 5.32 Å². The number of benzene rings is 1. The summed E-state index contributed by atoms with van der Waals surface area (Å²) in [5, 5.41) is 18.5. The molecule has 1 fully saturated rings. The molecule has 2 aromatic heterocycles. The Hall–Kier alpha value is -3.19. The average molecular weight is 474 g/mol. The molecule has 2 heterocycles. The maximum Gasteiger partial charge on any atom is 0.250 e. The number of hydrogen-bond donors (Lipinski definition) is 3. The predicted molar refractivity (Wildman–Crippen MR) is 137 cm³/mol. The molecule has 0 bridgehead atoms. The molecule has 5 rings (SSSR count). The van der Waals surface area contributed by atoms with E-state index < -0.39 is 5.91 Å². The Labute approximate surface area is 206 Å². The molecule has 0 atom stereocenters. The molecule has 4 N–H and O–H groups in total. The summed E-state index contributed by atoms with van der Waals surface area (Å²) in [6.45, 7) is 4.62. The first kappa shape index (κ1) is 23.5. The summed E-state index contributed by atoms with van der Waals surface area (Å²) < 4.78 is 2.06. The summed E-state index contributed by atoms with van der Waals surface area (Å²) in [6.07, 6.45) is 8.62. The van der Waals surface area contributed by atoms with Crippen molar-refractivity contribution in [1.29, 1.82) is 0 Å². The molecule has 0 saturated heterocycles. The van der Waals surface area contributed by atoms with Gasteiger partial charge in [0.25, 0.3) is 5.91 Å². The van der Waals surface area contributed by atoms with Crippen molar-refractivity contribution in [3.63, 3.8) is 0 Å². The van der Waals surface area contributed by atoms with Crippen molar-refractivity contribution in [3.05, 3.63) is 70.8 Å². The second-order valence-electron chi connectivity index (χ2n) is 10.9. The van der Waals surface area contributed by atoms with E-state index >= 15 is 0 Å². The number of aliphatic hydroxyl groups excluding tert-OH is 1. The molecule has 7 heteroatoms. The van der Waals surface area contributed by atoms with Gasteiger partial charge in [0.1, 0.15) is 0 Å². The highest BCUT2D eigenvalue weighted by Gasteiger charge is 2.31. The second kappa shape index (κ2) is 9.46. The van der Waals surface area contributed by atoms with Crippen LogP contribution in [0.2, 0.25) is 0 Å². The number of carbonyl (C=O) groups is 1. The molecule has 0 unspecified atom stereocenters. The lowest BCUT2D eigenvalue weighted by molar-refractivity contribution is 0.100. The zero-order valence-electron chi connectivity index (χ0n) is 20.6. The molecule has 35 heavy (non-hydrogen) atoms. The van der Waals surface area contributed by atoms with Crippen molar-refractivity contribution in [3.8, 4) is 5.69 Å². The molecule has 0 aliphatic heterocycles. The van der Waals surface area contributed by atoms with Gasteiger partial charge in [0.15, 0.2) is 0 Å². The van der Waals surface area contributed by atoms with Gasteiger partial charge in [-0.05, 0) is 86.3 Å². The van der Waals surface area contributed by atoms with E-state index in [1.165, 1.54) is 11.3 Å². The molecule has 1 amide bonds.